The second kappa shape index (κ2) is 15.4. The summed E-state index contributed by atoms with van der Waals surface area (Å²) in [5, 5.41) is 6.66. The molecule has 2 aliphatic rings. The minimum Gasteiger partial charge on any atom is -0.382 e. The molecule has 0 aromatic heterocycles. The number of carbonyl (C=O) groups excluding carboxylic acids is 1. The lowest BCUT2D eigenvalue weighted by Crippen LogP contribution is -2.52. The van der Waals surface area contributed by atoms with Crippen LogP contribution in [0.2, 0.25) is 0 Å². The first-order valence-corrected chi connectivity index (χ1v) is 13.7. The summed E-state index contributed by atoms with van der Waals surface area (Å²) in [5.74, 6) is 1.05. The molecule has 1 heterocycles. The molecule has 1 aliphatic carbocycles. The van der Waals surface area contributed by atoms with Crippen molar-refractivity contribution < 1.29 is 14.3 Å². The number of likely N-dealkylation sites (N-methyl/N-ethyl adjacent to an activating group) is 1. The van der Waals surface area contributed by atoms with Crippen LogP contribution >= 0.6 is 0 Å². The molecular formula is C28H47N3O3. The number of amides is 2. The molecule has 2 N–H and O–H groups in total. The Kier molecular flexibility index (Phi) is 12.2. The number of ether oxygens (including phenoxy) is 2. The van der Waals surface area contributed by atoms with Gasteiger partial charge >= 0.3 is 6.03 Å². The first kappa shape index (κ1) is 27.0. The average molecular weight is 474 g/mol. The molecule has 6 heteroatoms. The standard InChI is InChI=1S/C28H47N3O3/c1-3-33-18-11-19-34-27(24-14-8-5-9-15-24)25-16-10-17-31(22-25)28(32)30-26(21-29-2)20-23-12-6-4-7-13-23/h5,8-9,14-15,23,25-27,29H,3-4,6-7,10-13,16-22H2,1-2H3,(H,30,32)/t25-,26+,27?/m1/s1. The summed E-state index contributed by atoms with van der Waals surface area (Å²) in [7, 11) is 1.98. The van der Waals surface area contributed by atoms with Crippen molar-refractivity contribution in [3.63, 3.8) is 0 Å². The van der Waals surface area contributed by atoms with Crippen LogP contribution in [0.25, 0.3) is 0 Å². The van der Waals surface area contributed by atoms with Crippen molar-refractivity contribution in [2.45, 2.75) is 76.9 Å². The summed E-state index contributed by atoms with van der Waals surface area (Å²) in [6.45, 7) is 6.56. The van der Waals surface area contributed by atoms with E-state index < -0.39 is 0 Å². The van der Waals surface area contributed by atoms with E-state index in [0.717, 1.165) is 64.4 Å². The molecule has 3 rings (SSSR count). The predicted molar refractivity (Wildman–Crippen MR) is 138 cm³/mol. The molecule has 1 saturated heterocycles. The molecule has 2 fully saturated rings. The van der Waals surface area contributed by atoms with Crippen molar-refractivity contribution in [3.8, 4) is 0 Å². The van der Waals surface area contributed by atoms with Crippen LogP contribution in [0.3, 0.4) is 0 Å². The van der Waals surface area contributed by atoms with Gasteiger partial charge in [0.2, 0.25) is 0 Å². The molecule has 2 amide bonds. The van der Waals surface area contributed by atoms with Crippen molar-refractivity contribution in [2.24, 2.45) is 11.8 Å². The van der Waals surface area contributed by atoms with Crippen LogP contribution in [-0.2, 0) is 9.47 Å². The van der Waals surface area contributed by atoms with Gasteiger partial charge in [-0.3, -0.25) is 0 Å². The Morgan fingerprint density at radius 1 is 1.09 bits per heavy atom. The number of urea groups is 1. The molecule has 0 radical (unpaired) electrons. The van der Waals surface area contributed by atoms with Gasteiger partial charge in [0, 0.05) is 51.4 Å². The molecule has 1 aliphatic heterocycles. The summed E-state index contributed by atoms with van der Waals surface area (Å²) < 4.78 is 11.9. The molecule has 0 spiro atoms. The zero-order valence-corrected chi connectivity index (χ0v) is 21.5. The van der Waals surface area contributed by atoms with E-state index in [2.05, 4.69) is 34.9 Å². The van der Waals surface area contributed by atoms with Crippen molar-refractivity contribution >= 4 is 6.03 Å². The number of nitrogens with one attached hydrogen (secondary N) is 2. The average Bonchev–Trinajstić information content (AvgIpc) is 2.87. The quantitative estimate of drug-likeness (QED) is 0.389. The maximum absolute atomic E-state index is 13.3. The first-order valence-electron chi connectivity index (χ1n) is 13.7. The fraction of sp³-hybridized carbons (Fsp3) is 0.750. The van der Waals surface area contributed by atoms with Crippen LogP contribution in [-0.4, -0.2) is 63.5 Å². The third kappa shape index (κ3) is 8.86. The van der Waals surface area contributed by atoms with E-state index in [9.17, 15) is 4.79 Å². The molecule has 1 saturated carbocycles. The molecule has 1 unspecified atom stereocenters. The Hall–Kier alpha value is -1.63. The van der Waals surface area contributed by atoms with Crippen LogP contribution in [0, 0.1) is 11.8 Å². The Morgan fingerprint density at radius 3 is 2.62 bits per heavy atom. The molecule has 0 bridgehead atoms. The van der Waals surface area contributed by atoms with Crippen molar-refractivity contribution in [3.05, 3.63) is 35.9 Å². The smallest absolute Gasteiger partial charge is 0.317 e. The molecule has 1 aromatic rings. The van der Waals surface area contributed by atoms with Gasteiger partial charge in [-0.1, -0.05) is 62.4 Å². The largest absolute Gasteiger partial charge is 0.382 e. The maximum atomic E-state index is 13.3. The van der Waals surface area contributed by atoms with E-state index in [1.165, 1.54) is 37.7 Å². The number of nitrogens with zero attached hydrogens (tertiary/aromatic N) is 1. The van der Waals surface area contributed by atoms with Gasteiger partial charge in [-0.05, 0) is 51.1 Å². The van der Waals surface area contributed by atoms with Gasteiger partial charge in [0.25, 0.3) is 0 Å². The number of piperidine rings is 1. The Balaban J connectivity index is 1.58. The van der Waals surface area contributed by atoms with Crippen LogP contribution in [0.5, 0.6) is 0 Å². The summed E-state index contributed by atoms with van der Waals surface area (Å²) in [6, 6.07) is 10.8. The maximum Gasteiger partial charge on any atom is 0.317 e. The van der Waals surface area contributed by atoms with Gasteiger partial charge in [-0.2, -0.15) is 0 Å². The monoisotopic (exact) mass is 473 g/mol. The summed E-state index contributed by atoms with van der Waals surface area (Å²) in [5.41, 5.74) is 1.21. The second-order valence-corrected chi connectivity index (χ2v) is 10.0. The zero-order valence-electron chi connectivity index (χ0n) is 21.5. The van der Waals surface area contributed by atoms with Crippen molar-refractivity contribution in [1.29, 1.82) is 0 Å². The van der Waals surface area contributed by atoms with Crippen LogP contribution in [0.4, 0.5) is 4.79 Å². The van der Waals surface area contributed by atoms with E-state index in [-0.39, 0.29) is 18.2 Å². The third-order valence-corrected chi connectivity index (χ3v) is 7.36. The van der Waals surface area contributed by atoms with Crippen LogP contribution < -0.4 is 10.6 Å². The van der Waals surface area contributed by atoms with Gasteiger partial charge < -0.3 is 25.0 Å². The number of benzene rings is 1. The minimum absolute atomic E-state index is 0.00812. The number of hydrogen-bond acceptors (Lipinski definition) is 4. The fourth-order valence-electron chi connectivity index (χ4n) is 5.64. The fourth-order valence-corrected chi connectivity index (χ4v) is 5.64. The van der Waals surface area contributed by atoms with E-state index >= 15 is 0 Å². The lowest BCUT2D eigenvalue weighted by molar-refractivity contribution is -0.0184. The molecule has 34 heavy (non-hydrogen) atoms. The third-order valence-electron chi connectivity index (χ3n) is 7.36. The Morgan fingerprint density at radius 2 is 1.88 bits per heavy atom. The highest BCUT2D eigenvalue weighted by Gasteiger charge is 2.32. The summed E-state index contributed by atoms with van der Waals surface area (Å²) in [4.78, 5) is 15.3. The molecule has 6 nitrogen and oxygen atoms in total. The highest BCUT2D eigenvalue weighted by molar-refractivity contribution is 5.74. The zero-order chi connectivity index (χ0) is 24.0. The van der Waals surface area contributed by atoms with E-state index in [1.807, 2.05) is 24.9 Å². The highest BCUT2D eigenvalue weighted by atomic mass is 16.5. The summed E-state index contributed by atoms with van der Waals surface area (Å²) >= 11 is 0. The topological polar surface area (TPSA) is 62.8 Å². The normalized spacial score (nSPS) is 21.2. The van der Waals surface area contributed by atoms with Crippen molar-refractivity contribution in [1.82, 2.24) is 15.5 Å². The molecular weight excluding hydrogens is 426 g/mol. The second-order valence-electron chi connectivity index (χ2n) is 10.0. The number of carbonyl (C=O) groups is 1. The molecule has 192 valence electrons. The van der Waals surface area contributed by atoms with Gasteiger partial charge in [0.1, 0.15) is 0 Å². The van der Waals surface area contributed by atoms with Gasteiger partial charge in [0.05, 0.1) is 6.10 Å². The summed E-state index contributed by atoms with van der Waals surface area (Å²) in [6.07, 6.45) is 10.7. The highest BCUT2D eigenvalue weighted by Crippen LogP contribution is 2.33. The van der Waals surface area contributed by atoms with Gasteiger partial charge in [-0.25, -0.2) is 4.79 Å². The van der Waals surface area contributed by atoms with E-state index in [0.29, 0.717) is 12.5 Å². The van der Waals surface area contributed by atoms with E-state index in [4.69, 9.17) is 9.47 Å². The number of rotatable bonds is 13. The predicted octanol–water partition coefficient (Wildman–Crippen LogP) is 5.15. The van der Waals surface area contributed by atoms with Gasteiger partial charge in [0.15, 0.2) is 0 Å². The van der Waals surface area contributed by atoms with Crippen molar-refractivity contribution in [2.75, 3.05) is 46.5 Å². The Labute approximate surface area is 207 Å². The molecule has 3 atom stereocenters. The Bertz CT molecular complexity index is 681. The van der Waals surface area contributed by atoms with Crippen LogP contribution in [0.1, 0.15) is 76.4 Å². The van der Waals surface area contributed by atoms with Gasteiger partial charge in [-0.15, -0.1) is 0 Å². The molecule has 1 aromatic carbocycles. The van der Waals surface area contributed by atoms with E-state index in [1.54, 1.807) is 0 Å². The lowest BCUT2D eigenvalue weighted by Gasteiger charge is -2.38. The number of hydrogen-bond donors (Lipinski definition) is 2. The SMILES string of the molecule is CCOCCCOC(c1ccccc1)[C@@H]1CCCN(C(=O)N[C@H](CNC)CC2CCCCC2)C1. The number of likely N-dealkylation sites (tertiary alicyclic amines) is 1. The first-order chi connectivity index (χ1) is 16.7. The van der Waals surface area contributed by atoms with Crippen LogP contribution in [0.15, 0.2) is 30.3 Å². The lowest BCUT2D eigenvalue weighted by atomic mass is 9.85. The minimum atomic E-state index is 0.00812.